The summed E-state index contributed by atoms with van der Waals surface area (Å²) in [6.45, 7) is 2.47. The van der Waals surface area contributed by atoms with E-state index in [1.165, 1.54) is 22.6 Å². The molecule has 1 aliphatic rings. The monoisotopic (exact) mass is 466 g/mol. The van der Waals surface area contributed by atoms with E-state index in [2.05, 4.69) is 40.9 Å². The van der Waals surface area contributed by atoms with E-state index in [0.717, 1.165) is 0 Å². The number of hydrogen-bond acceptors (Lipinski definition) is 11. The Morgan fingerprint density at radius 3 is 2.76 bits per heavy atom. The largest absolute Gasteiger partial charge is 0.387 e. The van der Waals surface area contributed by atoms with Crippen LogP contribution in [0.25, 0.3) is 28.5 Å². The van der Waals surface area contributed by atoms with Gasteiger partial charge in [0, 0.05) is 19.8 Å². The van der Waals surface area contributed by atoms with Crippen molar-refractivity contribution in [3.63, 3.8) is 0 Å². The minimum Gasteiger partial charge on any atom is -0.387 e. The number of hydrogen-bond donors (Lipinski definition) is 4. The SMILES string of the molecule is CCNc1nc(-n2cc(-c3ccccn3)nn2)nc2c1ncn2[C@@H]1O[C@H](C(=O)NC)[C@@H](O)[C@H]1O. The molecule has 1 aliphatic heterocycles. The number of rotatable bonds is 6. The van der Waals surface area contributed by atoms with Gasteiger partial charge < -0.3 is 25.6 Å². The highest BCUT2D eigenvalue weighted by Crippen LogP contribution is 2.33. The lowest BCUT2D eigenvalue weighted by Gasteiger charge is -2.16. The molecule has 0 bridgehead atoms. The molecule has 34 heavy (non-hydrogen) atoms. The van der Waals surface area contributed by atoms with Gasteiger partial charge in [0.05, 0.1) is 18.2 Å². The lowest BCUT2D eigenvalue weighted by molar-refractivity contribution is -0.137. The van der Waals surface area contributed by atoms with Gasteiger partial charge in [0.1, 0.15) is 17.9 Å². The number of aliphatic hydroxyl groups excluding tert-OH is 2. The molecule has 0 unspecified atom stereocenters. The van der Waals surface area contributed by atoms with Crippen LogP contribution < -0.4 is 10.6 Å². The first kappa shape index (κ1) is 21.8. The first-order chi connectivity index (χ1) is 16.5. The number of likely N-dealkylation sites (N-methyl/N-ethyl adjacent to an activating group) is 1. The molecular weight excluding hydrogens is 444 g/mol. The lowest BCUT2D eigenvalue weighted by Crippen LogP contribution is -2.41. The standard InChI is InChI=1S/C20H22N10O4/c1-3-22-16-12-17(29(9-24-12)19-14(32)13(31)15(34-19)18(33)21-2)26-20(25-16)30-8-11(27-28-30)10-6-4-5-7-23-10/h4-9,13-15,19,31-32H,3H2,1-2H3,(H,21,33)(H,22,25,26)/t13-,14+,15-,19+/m0/s1. The third kappa shape index (κ3) is 3.63. The molecule has 4 atom stereocenters. The molecule has 5 heterocycles. The summed E-state index contributed by atoms with van der Waals surface area (Å²) in [5.74, 6) is 0.0783. The van der Waals surface area contributed by atoms with Gasteiger partial charge in [-0.1, -0.05) is 11.3 Å². The average Bonchev–Trinajstić information content (AvgIpc) is 3.58. The fourth-order valence-corrected chi connectivity index (χ4v) is 3.73. The molecule has 1 amide bonds. The number of pyridine rings is 1. The van der Waals surface area contributed by atoms with Gasteiger partial charge in [-0.15, -0.1) is 5.10 Å². The van der Waals surface area contributed by atoms with Gasteiger partial charge in [0.2, 0.25) is 0 Å². The predicted molar refractivity (Wildman–Crippen MR) is 118 cm³/mol. The van der Waals surface area contributed by atoms with Crippen molar-refractivity contribution in [2.45, 2.75) is 31.5 Å². The molecule has 4 N–H and O–H groups in total. The van der Waals surface area contributed by atoms with Gasteiger partial charge in [-0.05, 0) is 19.1 Å². The van der Waals surface area contributed by atoms with Crippen molar-refractivity contribution in [1.82, 2.24) is 44.8 Å². The van der Waals surface area contributed by atoms with Gasteiger partial charge in [-0.3, -0.25) is 14.3 Å². The van der Waals surface area contributed by atoms with Crippen molar-refractivity contribution < 1.29 is 19.7 Å². The van der Waals surface area contributed by atoms with Gasteiger partial charge in [-0.25, -0.2) is 4.98 Å². The number of carbonyl (C=O) groups is 1. The Balaban J connectivity index is 1.58. The average molecular weight is 466 g/mol. The number of aromatic nitrogens is 8. The zero-order valence-electron chi connectivity index (χ0n) is 18.3. The molecule has 0 saturated carbocycles. The maximum Gasteiger partial charge on any atom is 0.256 e. The molecule has 1 saturated heterocycles. The molecule has 0 aromatic carbocycles. The van der Waals surface area contributed by atoms with Crippen LogP contribution in [-0.4, -0.2) is 87.5 Å². The van der Waals surface area contributed by atoms with E-state index in [1.54, 1.807) is 18.5 Å². The van der Waals surface area contributed by atoms with E-state index in [-0.39, 0.29) is 5.95 Å². The summed E-state index contributed by atoms with van der Waals surface area (Å²) in [6, 6.07) is 5.46. The molecule has 0 aliphatic carbocycles. The molecule has 5 rings (SSSR count). The van der Waals surface area contributed by atoms with Gasteiger partial charge in [-0.2, -0.15) is 14.6 Å². The van der Waals surface area contributed by atoms with Gasteiger partial charge >= 0.3 is 0 Å². The molecule has 1 fully saturated rings. The molecule has 0 radical (unpaired) electrons. The van der Waals surface area contributed by atoms with Gasteiger partial charge in [0.15, 0.2) is 29.3 Å². The fourth-order valence-electron chi connectivity index (χ4n) is 3.73. The third-order valence-corrected chi connectivity index (χ3v) is 5.40. The minimum atomic E-state index is -1.42. The molecule has 176 valence electrons. The van der Waals surface area contributed by atoms with E-state index in [0.29, 0.717) is 34.9 Å². The van der Waals surface area contributed by atoms with Crippen molar-refractivity contribution in [2.24, 2.45) is 0 Å². The number of aliphatic hydroxyl groups is 2. The van der Waals surface area contributed by atoms with Crippen LogP contribution in [0.15, 0.2) is 36.9 Å². The summed E-state index contributed by atoms with van der Waals surface area (Å²) in [4.78, 5) is 29.8. The molecule has 0 spiro atoms. The van der Waals surface area contributed by atoms with E-state index in [4.69, 9.17) is 4.74 Å². The number of amides is 1. The number of fused-ring (bicyclic) bond motifs is 1. The predicted octanol–water partition coefficient (Wildman–Crippen LogP) is -0.734. The molecular formula is C20H22N10O4. The Labute approximate surface area is 192 Å². The molecule has 4 aromatic rings. The number of nitrogens with one attached hydrogen (secondary N) is 2. The summed E-state index contributed by atoms with van der Waals surface area (Å²) in [5.41, 5.74) is 1.91. The van der Waals surface area contributed by atoms with E-state index < -0.39 is 30.4 Å². The van der Waals surface area contributed by atoms with Crippen molar-refractivity contribution in [2.75, 3.05) is 18.9 Å². The Kier molecular flexibility index (Phi) is 5.61. The Morgan fingerprint density at radius 2 is 2.03 bits per heavy atom. The van der Waals surface area contributed by atoms with Crippen LogP contribution in [0.1, 0.15) is 13.2 Å². The summed E-state index contributed by atoms with van der Waals surface area (Å²) in [6.07, 6.45) is -0.431. The number of carbonyl (C=O) groups excluding carboxylic acids is 1. The summed E-state index contributed by atoms with van der Waals surface area (Å²) in [5, 5.41) is 34.8. The quantitative estimate of drug-likeness (QED) is 0.281. The first-order valence-corrected chi connectivity index (χ1v) is 10.6. The second-order valence-electron chi connectivity index (χ2n) is 7.53. The Morgan fingerprint density at radius 1 is 1.18 bits per heavy atom. The maximum atomic E-state index is 12.1. The summed E-state index contributed by atoms with van der Waals surface area (Å²) >= 11 is 0. The van der Waals surface area contributed by atoms with E-state index in [9.17, 15) is 15.0 Å². The van der Waals surface area contributed by atoms with Crippen LogP contribution in [0, 0.1) is 0 Å². The summed E-state index contributed by atoms with van der Waals surface area (Å²) in [7, 11) is 1.42. The van der Waals surface area contributed by atoms with Crippen LogP contribution in [0.2, 0.25) is 0 Å². The van der Waals surface area contributed by atoms with Gasteiger partial charge in [0.25, 0.3) is 11.9 Å². The van der Waals surface area contributed by atoms with E-state index in [1.807, 2.05) is 19.1 Å². The van der Waals surface area contributed by atoms with Crippen LogP contribution in [0.5, 0.6) is 0 Å². The maximum absolute atomic E-state index is 12.1. The lowest BCUT2D eigenvalue weighted by atomic mass is 10.1. The second kappa shape index (κ2) is 8.74. The highest BCUT2D eigenvalue weighted by molar-refractivity contribution is 5.84. The highest BCUT2D eigenvalue weighted by Gasteiger charge is 2.47. The second-order valence-corrected chi connectivity index (χ2v) is 7.53. The van der Waals surface area contributed by atoms with Crippen LogP contribution >= 0.6 is 0 Å². The van der Waals surface area contributed by atoms with Crippen LogP contribution in [-0.2, 0) is 9.53 Å². The minimum absolute atomic E-state index is 0.191. The topological polar surface area (TPSA) is 178 Å². The van der Waals surface area contributed by atoms with E-state index >= 15 is 0 Å². The van der Waals surface area contributed by atoms with Crippen LogP contribution in [0.3, 0.4) is 0 Å². The number of ether oxygens (including phenoxy) is 1. The highest BCUT2D eigenvalue weighted by atomic mass is 16.6. The Bertz CT molecular complexity index is 1320. The fraction of sp³-hybridized carbons (Fsp3) is 0.350. The third-order valence-electron chi connectivity index (χ3n) is 5.40. The van der Waals surface area contributed by atoms with Crippen molar-refractivity contribution >= 4 is 22.9 Å². The summed E-state index contributed by atoms with van der Waals surface area (Å²) < 4.78 is 8.54. The van der Waals surface area contributed by atoms with Crippen molar-refractivity contribution in [1.29, 1.82) is 0 Å². The zero-order valence-corrected chi connectivity index (χ0v) is 18.3. The Hall–Kier alpha value is -4.01. The number of anilines is 1. The smallest absolute Gasteiger partial charge is 0.256 e. The normalized spacial score (nSPS) is 22.2. The molecule has 14 heteroatoms. The van der Waals surface area contributed by atoms with Crippen LogP contribution in [0.4, 0.5) is 5.82 Å². The zero-order chi connectivity index (χ0) is 23.8. The van der Waals surface area contributed by atoms with Crippen molar-refractivity contribution in [3.8, 4) is 17.3 Å². The molecule has 14 nitrogen and oxygen atoms in total. The number of nitrogens with zero attached hydrogens (tertiary/aromatic N) is 8. The number of imidazole rings is 1. The first-order valence-electron chi connectivity index (χ1n) is 10.6. The molecule has 4 aromatic heterocycles. The van der Waals surface area contributed by atoms with Crippen molar-refractivity contribution in [3.05, 3.63) is 36.9 Å².